The highest BCUT2D eigenvalue weighted by Crippen LogP contribution is 2.23. The summed E-state index contributed by atoms with van der Waals surface area (Å²) in [6, 6.07) is 4.09. The summed E-state index contributed by atoms with van der Waals surface area (Å²) in [5, 5.41) is 11.6. The van der Waals surface area contributed by atoms with E-state index in [9.17, 15) is 9.59 Å². The summed E-state index contributed by atoms with van der Waals surface area (Å²) in [4.78, 5) is 22.1. The molecule has 0 aromatic heterocycles. The van der Waals surface area contributed by atoms with Crippen molar-refractivity contribution in [3.63, 3.8) is 0 Å². The zero-order valence-electron chi connectivity index (χ0n) is 8.87. The molecule has 17 heavy (non-hydrogen) atoms. The quantitative estimate of drug-likeness (QED) is 0.808. The lowest BCUT2D eigenvalue weighted by Gasteiger charge is -2.07. The van der Waals surface area contributed by atoms with Gasteiger partial charge < -0.3 is 10.4 Å². The van der Waals surface area contributed by atoms with Gasteiger partial charge in [-0.1, -0.05) is 11.6 Å². The van der Waals surface area contributed by atoms with Crippen molar-refractivity contribution in [2.45, 2.75) is 12.8 Å². The number of carboxylic acids is 1. The maximum atomic E-state index is 11.4. The van der Waals surface area contributed by atoms with E-state index in [4.69, 9.17) is 23.1 Å². The number of aromatic carboxylic acids is 1. The zero-order chi connectivity index (χ0) is 12.8. The molecule has 0 bridgehead atoms. The molecule has 1 rings (SSSR count). The average molecular weight is 252 g/mol. The molecule has 1 aromatic rings. The van der Waals surface area contributed by atoms with Gasteiger partial charge in [0.05, 0.1) is 16.3 Å². The second-order valence-corrected chi connectivity index (χ2v) is 3.66. The molecule has 0 aliphatic heterocycles. The van der Waals surface area contributed by atoms with Crippen molar-refractivity contribution in [2.75, 3.05) is 5.32 Å². The molecule has 0 spiro atoms. The van der Waals surface area contributed by atoms with Crippen LogP contribution in [0.4, 0.5) is 5.69 Å². The van der Waals surface area contributed by atoms with Crippen LogP contribution in [0.1, 0.15) is 23.2 Å². The molecule has 0 atom stereocenters. The van der Waals surface area contributed by atoms with Crippen LogP contribution in [0.25, 0.3) is 0 Å². The molecular formula is C12H10ClNO3. The first kappa shape index (κ1) is 13.1. The van der Waals surface area contributed by atoms with Crippen LogP contribution in [0, 0.1) is 12.3 Å². The van der Waals surface area contributed by atoms with Crippen LogP contribution >= 0.6 is 11.6 Å². The van der Waals surface area contributed by atoms with E-state index in [0.29, 0.717) is 6.42 Å². The molecule has 2 N–H and O–H groups in total. The highest BCUT2D eigenvalue weighted by atomic mass is 35.5. The van der Waals surface area contributed by atoms with Crippen LogP contribution in [0.15, 0.2) is 18.2 Å². The smallest absolute Gasteiger partial charge is 0.335 e. The predicted molar refractivity (Wildman–Crippen MR) is 65.1 cm³/mol. The van der Waals surface area contributed by atoms with Gasteiger partial charge in [0.2, 0.25) is 5.91 Å². The van der Waals surface area contributed by atoms with Crippen molar-refractivity contribution in [3.8, 4) is 12.3 Å². The zero-order valence-corrected chi connectivity index (χ0v) is 9.62. The summed E-state index contributed by atoms with van der Waals surface area (Å²) in [6.45, 7) is 0. The predicted octanol–water partition coefficient (Wildman–Crippen LogP) is 2.39. The van der Waals surface area contributed by atoms with Gasteiger partial charge in [0.1, 0.15) is 0 Å². The Morgan fingerprint density at radius 2 is 2.18 bits per heavy atom. The molecule has 0 saturated carbocycles. The Kier molecular flexibility index (Phi) is 4.56. The first-order valence-electron chi connectivity index (χ1n) is 4.80. The van der Waals surface area contributed by atoms with E-state index in [2.05, 4.69) is 11.2 Å². The Morgan fingerprint density at radius 1 is 1.47 bits per heavy atom. The summed E-state index contributed by atoms with van der Waals surface area (Å²) in [5.41, 5.74) is 0.329. The highest BCUT2D eigenvalue weighted by molar-refractivity contribution is 6.33. The third-order valence-electron chi connectivity index (χ3n) is 1.98. The Hall–Kier alpha value is -1.99. The Bertz CT molecular complexity index is 491. The minimum absolute atomic E-state index is 0.0571. The lowest BCUT2D eigenvalue weighted by atomic mass is 10.2. The first-order chi connectivity index (χ1) is 8.04. The SMILES string of the molecule is C#CCCC(=O)Nc1cc(C(=O)O)ccc1Cl. The number of hydrogen-bond donors (Lipinski definition) is 2. The molecule has 0 aliphatic carbocycles. The summed E-state index contributed by atoms with van der Waals surface area (Å²) >= 11 is 5.83. The van der Waals surface area contributed by atoms with Crippen molar-refractivity contribution in [2.24, 2.45) is 0 Å². The molecule has 4 nitrogen and oxygen atoms in total. The summed E-state index contributed by atoms with van der Waals surface area (Å²) < 4.78 is 0. The number of rotatable bonds is 4. The largest absolute Gasteiger partial charge is 0.478 e. The van der Waals surface area contributed by atoms with Gasteiger partial charge in [0.15, 0.2) is 0 Å². The summed E-state index contributed by atoms with van der Waals surface area (Å²) in [5.74, 6) is 0.959. The van der Waals surface area contributed by atoms with Crippen molar-refractivity contribution >= 4 is 29.2 Å². The number of carbonyl (C=O) groups is 2. The minimum Gasteiger partial charge on any atom is -0.478 e. The van der Waals surface area contributed by atoms with Gasteiger partial charge in [-0.05, 0) is 18.2 Å². The number of carboxylic acid groups (broad SMARTS) is 1. The third kappa shape index (κ3) is 3.82. The van der Waals surface area contributed by atoms with Crippen LogP contribution in [-0.4, -0.2) is 17.0 Å². The molecule has 88 valence electrons. The Labute approximate surface area is 104 Å². The number of nitrogens with one attached hydrogen (secondary N) is 1. The molecule has 0 saturated heterocycles. The van der Waals surface area contributed by atoms with Crippen LogP contribution in [0.2, 0.25) is 5.02 Å². The number of carbonyl (C=O) groups excluding carboxylic acids is 1. The fraction of sp³-hybridized carbons (Fsp3) is 0.167. The van der Waals surface area contributed by atoms with Crippen molar-refractivity contribution in [1.29, 1.82) is 0 Å². The molecule has 5 heteroatoms. The van der Waals surface area contributed by atoms with E-state index in [1.165, 1.54) is 18.2 Å². The van der Waals surface area contributed by atoms with Gasteiger partial charge in [-0.2, -0.15) is 0 Å². The van der Waals surface area contributed by atoms with Gasteiger partial charge in [0, 0.05) is 12.8 Å². The van der Waals surface area contributed by atoms with E-state index < -0.39 is 5.97 Å². The lowest BCUT2D eigenvalue weighted by molar-refractivity contribution is -0.116. The van der Waals surface area contributed by atoms with E-state index in [1.807, 2.05) is 0 Å². The first-order valence-corrected chi connectivity index (χ1v) is 5.18. The van der Waals surface area contributed by atoms with E-state index in [0.717, 1.165) is 0 Å². The molecule has 0 fully saturated rings. The topological polar surface area (TPSA) is 66.4 Å². The molecule has 0 aliphatic rings. The van der Waals surface area contributed by atoms with Gasteiger partial charge >= 0.3 is 5.97 Å². The second-order valence-electron chi connectivity index (χ2n) is 3.25. The highest BCUT2D eigenvalue weighted by Gasteiger charge is 2.09. The van der Waals surface area contributed by atoms with Crippen molar-refractivity contribution < 1.29 is 14.7 Å². The molecule has 1 aromatic carbocycles. The Morgan fingerprint density at radius 3 is 2.76 bits per heavy atom. The maximum absolute atomic E-state index is 11.4. The monoisotopic (exact) mass is 251 g/mol. The van der Waals surface area contributed by atoms with E-state index in [1.54, 1.807) is 0 Å². The minimum atomic E-state index is -1.08. The number of terminal acetylenes is 1. The van der Waals surface area contributed by atoms with Crippen molar-refractivity contribution in [3.05, 3.63) is 28.8 Å². The number of amides is 1. The van der Waals surface area contributed by atoms with Crippen LogP contribution in [-0.2, 0) is 4.79 Å². The Balaban J connectivity index is 2.83. The van der Waals surface area contributed by atoms with Crippen molar-refractivity contribution in [1.82, 2.24) is 0 Å². The number of halogens is 1. The average Bonchev–Trinajstić information content (AvgIpc) is 2.29. The second kappa shape index (κ2) is 5.92. The number of anilines is 1. The third-order valence-corrected chi connectivity index (χ3v) is 2.31. The van der Waals surface area contributed by atoms with Gasteiger partial charge in [0.25, 0.3) is 0 Å². The standard InChI is InChI=1S/C12H10ClNO3/c1-2-3-4-11(15)14-10-7-8(12(16)17)5-6-9(10)13/h1,5-7H,3-4H2,(H,14,15)(H,16,17). The van der Waals surface area contributed by atoms with Gasteiger partial charge in [-0.15, -0.1) is 12.3 Å². The van der Waals surface area contributed by atoms with E-state index in [-0.39, 0.29) is 28.6 Å². The summed E-state index contributed by atoms with van der Waals surface area (Å²) in [6.07, 6.45) is 5.52. The number of hydrogen-bond acceptors (Lipinski definition) is 2. The van der Waals surface area contributed by atoms with Gasteiger partial charge in [-0.25, -0.2) is 4.79 Å². The normalized spacial score (nSPS) is 9.41. The maximum Gasteiger partial charge on any atom is 0.335 e. The van der Waals surface area contributed by atoms with Crippen LogP contribution in [0.3, 0.4) is 0 Å². The lowest BCUT2D eigenvalue weighted by Crippen LogP contribution is -2.11. The fourth-order valence-electron chi connectivity index (χ4n) is 1.15. The van der Waals surface area contributed by atoms with Crippen LogP contribution in [0.5, 0.6) is 0 Å². The van der Waals surface area contributed by atoms with Crippen LogP contribution < -0.4 is 5.32 Å². The molecule has 0 radical (unpaired) electrons. The van der Waals surface area contributed by atoms with Gasteiger partial charge in [-0.3, -0.25) is 4.79 Å². The summed E-state index contributed by atoms with van der Waals surface area (Å²) in [7, 11) is 0. The molecule has 0 heterocycles. The van der Waals surface area contributed by atoms with E-state index >= 15 is 0 Å². The molecule has 1 amide bonds. The fourth-order valence-corrected chi connectivity index (χ4v) is 1.32. The number of benzene rings is 1. The molecular weight excluding hydrogens is 242 g/mol. The molecule has 0 unspecified atom stereocenters.